The molecule has 0 aliphatic heterocycles. The lowest BCUT2D eigenvalue weighted by atomic mass is 10.1. The number of rotatable bonds is 10. The van der Waals surface area contributed by atoms with Crippen molar-refractivity contribution < 1.29 is 19.4 Å². The van der Waals surface area contributed by atoms with E-state index in [1.54, 1.807) is 0 Å². The zero-order valence-electron chi connectivity index (χ0n) is 9.52. The van der Waals surface area contributed by atoms with E-state index in [0.29, 0.717) is 12.7 Å². The van der Waals surface area contributed by atoms with Crippen LogP contribution in [0.2, 0.25) is 0 Å². The van der Waals surface area contributed by atoms with E-state index < -0.39 is 16.9 Å². The molecule has 0 fully saturated rings. The minimum Gasteiger partial charge on any atom is -0.479 e. The summed E-state index contributed by atoms with van der Waals surface area (Å²) in [6, 6.07) is 0. The Labute approximate surface area is 104 Å². The third kappa shape index (κ3) is 7.82. The molecule has 0 rings (SSSR count). The first-order valence-corrected chi connectivity index (χ1v) is 6.47. The van der Waals surface area contributed by atoms with Gasteiger partial charge < -0.3 is 14.6 Å². The van der Waals surface area contributed by atoms with Crippen LogP contribution < -0.4 is 0 Å². The molecule has 16 heavy (non-hydrogen) atoms. The van der Waals surface area contributed by atoms with Crippen LogP contribution in [-0.4, -0.2) is 34.9 Å². The molecule has 0 aliphatic rings. The number of unbranched alkanes of at least 4 members (excludes halogenated alkanes) is 3. The summed E-state index contributed by atoms with van der Waals surface area (Å²) in [6.45, 7) is 2.21. The largest absolute Gasteiger partial charge is 0.479 e. The Bertz CT molecular complexity index is 208. The maximum atomic E-state index is 10.8. The van der Waals surface area contributed by atoms with Crippen LogP contribution in [0.1, 0.15) is 39.0 Å². The van der Waals surface area contributed by atoms with E-state index in [1.165, 1.54) is 0 Å². The highest BCUT2D eigenvalue weighted by atomic mass is 79.9. The normalized spacial score (nSPS) is 14.4. The molecule has 0 spiro atoms. The van der Waals surface area contributed by atoms with Crippen molar-refractivity contribution in [1.29, 1.82) is 0 Å². The number of hydrogen-bond acceptors (Lipinski definition) is 3. The molecule has 0 saturated heterocycles. The fourth-order valence-electron chi connectivity index (χ4n) is 1.28. The zero-order valence-corrected chi connectivity index (χ0v) is 11.1. The molecule has 0 saturated carbocycles. The van der Waals surface area contributed by atoms with Gasteiger partial charge in [0.25, 0.3) is 0 Å². The molecule has 0 aromatic carbocycles. The van der Waals surface area contributed by atoms with Gasteiger partial charge >= 0.3 is 5.97 Å². The standard InChI is InChI=1S/C11H19BrO4/c1-2-3-4-5-6-10(11(14)15)16-8-9(12)7-13/h7,9-10H,2-6,8H2,1H3,(H,14,15). The van der Waals surface area contributed by atoms with Gasteiger partial charge in [0.2, 0.25) is 0 Å². The second-order valence-corrected chi connectivity index (χ2v) is 4.84. The number of carbonyl (C=O) groups is 2. The lowest BCUT2D eigenvalue weighted by Crippen LogP contribution is -2.27. The van der Waals surface area contributed by atoms with Crippen molar-refractivity contribution >= 4 is 28.2 Å². The number of ether oxygens (including phenoxy) is 1. The molecule has 1 N–H and O–H groups in total. The zero-order chi connectivity index (χ0) is 12.4. The predicted octanol–water partition coefficient (Wildman–Crippen LogP) is 2.39. The summed E-state index contributed by atoms with van der Waals surface area (Å²) < 4.78 is 5.16. The molecule has 4 nitrogen and oxygen atoms in total. The van der Waals surface area contributed by atoms with Crippen molar-refractivity contribution in [3.63, 3.8) is 0 Å². The minimum atomic E-state index is -0.956. The molecular formula is C11H19BrO4. The average molecular weight is 295 g/mol. The van der Waals surface area contributed by atoms with Crippen LogP contribution in [0.3, 0.4) is 0 Å². The number of aliphatic carboxylic acids is 1. The van der Waals surface area contributed by atoms with Gasteiger partial charge in [0, 0.05) is 0 Å². The van der Waals surface area contributed by atoms with Crippen LogP contribution >= 0.6 is 15.9 Å². The van der Waals surface area contributed by atoms with Crippen molar-refractivity contribution in [2.75, 3.05) is 6.61 Å². The first-order chi connectivity index (χ1) is 7.61. The molecule has 0 aromatic heterocycles. The Balaban J connectivity index is 3.79. The molecule has 0 heterocycles. The van der Waals surface area contributed by atoms with Gasteiger partial charge in [-0.1, -0.05) is 48.5 Å². The number of alkyl halides is 1. The summed E-state index contributed by atoms with van der Waals surface area (Å²) in [7, 11) is 0. The number of hydrogen-bond donors (Lipinski definition) is 1. The van der Waals surface area contributed by atoms with Crippen LogP contribution in [0.25, 0.3) is 0 Å². The Morgan fingerprint density at radius 3 is 2.62 bits per heavy atom. The van der Waals surface area contributed by atoms with E-state index in [2.05, 4.69) is 22.9 Å². The summed E-state index contributed by atoms with van der Waals surface area (Å²) in [6.07, 6.45) is 4.50. The van der Waals surface area contributed by atoms with Gasteiger partial charge in [0.05, 0.1) is 11.4 Å². The fraction of sp³-hybridized carbons (Fsp3) is 0.818. The lowest BCUT2D eigenvalue weighted by Gasteiger charge is -2.14. The van der Waals surface area contributed by atoms with Gasteiger partial charge in [-0.25, -0.2) is 4.79 Å². The highest BCUT2D eigenvalue weighted by Crippen LogP contribution is 2.10. The molecule has 2 unspecified atom stereocenters. The Hall–Kier alpha value is -0.420. The van der Waals surface area contributed by atoms with Crippen molar-refractivity contribution in [2.45, 2.75) is 50.0 Å². The van der Waals surface area contributed by atoms with Gasteiger partial charge in [-0.3, -0.25) is 0 Å². The molecule has 0 bridgehead atoms. The molecule has 94 valence electrons. The summed E-state index contributed by atoms with van der Waals surface area (Å²) in [4.78, 5) is 20.7. The number of carbonyl (C=O) groups excluding carboxylic acids is 1. The second kappa shape index (κ2) is 9.78. The van der Waals surface area contributed by atoms with Gasteiger partial charge in [-0.05, 0) is 6.42 Å². The minimum absolute atomic E-state index is 0.105. The summed E-state index contributed by atoms with van der Waals surface area (Å²) in [5.74, 6) is -0.956. The first kappa shape index (κ1) is 15.6. The molecule has 5 heteroatoms. The van der Waals surface area contributed by atoms with Gasteiger partial charge in [0.1, 0.15) is 6.29 Å². The monoisotopic (exact) mass is 294 g/mol. The Morgan fingerprint density at radius 2 is 2.12 bits per heavy atom. The van der Waals surface area contributed by atoms with Gasteiger partial charge in [0.15, 0.2) is 6.10 Å². The van der Waals surface area contributed by atoms with Crippen molar-refractivity contribution in [3.05, 3.63) is 0 Å². The van der Waals surface area contributed by atoms with Crippen LogP contribution in [0, 0.1) is 0 Å². The van der Waals surface area contributed by atoms with Crippen LogP contribution in [0.15, 0.2) is 0 Å². The van der Waals surface area contributed by atoms with Crippen LogP contribution in [0.4, 0.5) is 0 Å². The highest BCUT2D eigenvalue weighted by molar-refractivity contribution is 9.10. The molecular weight excluding hydrogens is 276 g/mol. The first-order valence-electron chi connectivity index (χ1n) is 5.55. The molecule has 0 radical (unpaired) electrons. The van der Waals surface area contributed by atoms with E-state index in [1.807, 2.05) is 0 Å². The van der Waals surface area contributed by atoms with Crippen molar-refractivity contribution in [2.24, 2.45) is 0 Å². The predicted molar refractivity (Wildman–Crippen MR) is 64.9 cm³/mol. The highest BCUT2D eigenvalue weighted by Gasteiger charge is 2.18. The van der Waals surface area contributed by atoms with E-state index in [4.69, 9.17) is 9.84 Å². The number of halogens is 1. The number of aldehydes is 1. The smallest absolute Gasteiger partial charge is 0.332 e. The Morgan fingerprint density at radius 1 is 1.44 bits per heavy atom. The number of carboxylic acid groups (broad SMARTS) is 1. The maximum Gasteiger partial charge on any atom is 0.332 e. The maximum absolute atomic E-state index is 10.8. The van der Waals surface area contributed by atoms with E-state index in [0.717, 1.165) is 25.7 Å². The van der Waals surface area contributed by atoms with E-state index in [9.17, 15) is 9.59 Å². The third-order valence-corrected chi connectivity index (χ3v) is 2.68. The van der Waals surface area contributed by atoms with Gasteiger partial charge in [-0.2, -0.15) is 0 Å². The second-order valence-electron chi connectivity index (χ2n) is 3.66. The van der Waals surface area contributed by atoms with E-state index in [-0.39, 0.29) is 6.61 Å². The van der Waals surface area contributed by atoms with Crippen molar-refractivity contribution in [1.82, 2.24) is 0 Å². The van der Waals surface area contributed by atoms with E-state index >= 15 is 0 Å². The summed E-state index contributed by atoms with van der Waals surface area (Å²) >= 11 is 3.06. The molecule has 0 aliphatic carbocycles. The summed E-state index contributed by atoms with van der Waals surface area (Å²) in [5.41, 5.74) is 0. The van der Waals surface area contributed by atoms with Gasteiger partial charge in [-0.15, -0.1) is 0 Å². The quantitative estimate of drug-likeness (QED) is 0.382. The molecule has 0 aromatic rings. The van der Waals surface area contributed by atoms with Crippen LogP contribution in [-0.2, 0) is 14.3 Å². The fourth-order valence-corrected chi connectivity index (χ4v) is 1.43. The van der Waals surface area contributed by atoms with Crippen LogP contribution in [0.5, 0.6) is 0 Å². The topological polar surface area (TPSA) is 63.6 Å². The number of carboxylic acids is 1. The SMILES string of the molecule is CCCCCCC(OCC(Br)C=O)C(=O)O. The lowest BCUT2D eigenvalue weighted by molar-refractivity contribution is -0.151. The Kier molecular flexibility index (Phi) is 9.52. The molecule has 2 atom stereocenters. The third-order valence-electron chi connectivity index (χ3n) is 2.20. The average Bonchev–Trinajstić information content (AvgIpc) is 2.27. The summed E-state index contributed by atoms with van der Waals surface area (Å²) in [5, 5.41) is 8.89. The van der Waals surface area contributed by atoms with Crippen molar-refractivity contribution in [3.8, 4) is 0 Å². The molecule has 0 amide bonds.